The van der Waals surface area contributed by atoms with E-state index in [2.05, 4.69) is 0 Å². The number of benzene rings is 2. The number of halogens is 1. The summed E-state index contributed by atoms with van der Waals surface area (Å²) in [5, 5.41) is 12.1. The van der Waals surface area contributed by atoms with Gasteiger partial charge in [-0.3, -0.25) is 19.3 Å². The minimum absolute atomic E-state index is 0.00141. The van der Waals surface area contributed by atoms with E-state index in [9.17, 15) is 19.5 Å². The van der Waals surface area contributed by atoms with Crippen LogP contribution in [0, 0.1) is 11.3 Å². The monoisotopic (exact) mass is 441 g/mol. The van der Waals surface area contributed by atoms with Crippen LogP contribution in [-0.4, -0.2) is 40.0 Å². The number of amides is 2. The van der Waals surface area contributed by atoms with Gasteiger partial charge >= 0.3 is 5.97 Å². The van der Waals surface area contributed by atoms with E-state index in [1.165, 1.54) is 6.92 Å². The Kier molecular flexibility index (Phi) is 5.40. The van der Waals surface area contributed by atoms with E-state index in [1.54, 1.807) is 31.2 Å². The van der Waals surface area contributed by atoms with Crippen molar-refractivity contribution < 1.29 is 24.2 Å². The van der Waals surface area contributed by atoms with Crippen LogP contribution in [0.25, 0.3) is 0 Å². The lowest BCUT2D eigenvalue weighted by molar-refractivity contribution is -0.164. The second-order valence-electron chi connectivity index (χ2n) is 8.37. The number of hydrogen-bond donors (Lipinski definition) is 1. The minimum Gasteiger partial charge on any atom is -0.465 e. The number of hydrogen-bond acceptors (Lipinski definition) is 5. The number of carbonyl (C=O) groups excluding carboxylic acids is 3. The van der Waals surface area contributed by atoms with Crippen LogP contribution in [0.1, 0.15) is 37.3 Å². The Morgan fingerprint density at radius 1 is 1.16 bits per heavy atom. The minimum atomic E-state index is -1.75. The van der Waals surface area contributed by atoms with E-state index >= 15 is 0 Å². The number of esters is 1. The lowest BCUT2D eigenvalue weighted by atomic mass is 9.76. The third-order valence-corrected chi connectivity index (χ3v) is 6.80. The van der Waals surface area contributed by atoms with Crippen molar-refractivity contribution in [3.8, 4) is 0 Å². The first-order valence-corrected chi connectivity index (χ1v) is 10.7. The van der Waals surface area contributed by atoms with Crippen LogP contribution in [0.3, 0.4) is 0 Å². The predicted molar refractivity (Wildman–Crippen MR) is 114 cm³/mol. The summed E-state index contributed by atoms with van der Waals surface area (Å²) in [5.74, 6) is -3.71. The molecule has 2 aliphatic rings. The summed E-state index contributed by atoms with van der Waals surface area (Å²) in [4.78, 5) is 41.4. The molecule has 0 radical (unpaired) electrons. The Hall–Kier alpha value is -2.70. The third kappa shape index (κ3) is 3.25. The molecule has 2 aromatic carbocycles. The van der Waals surface area contributed by atoms with Crippen LogP contribution in [0.5, 0.6) is 0 Å². The molecule has 1 aliphatic heterocycles. The molecule has 31 heavy (non-hydrogen) atoms. The zero-order valence-corrected chi connectivity index (χ0v) is 18.1. The largest absolute Gasteiger partial charge is 0.465 e. The Morgan fingerprint density at radius 2 is 1.81 bits per heavy atom. The Morgan fingerprint density at radius 3 is 2.42 bits per heavy atom. The fraction of sp³-hybridized carbons (Fsp3) is 0.375. The smallest absolute Gasteiger partial charge is 0.322 e. The van der Waals surface area contributed by atoms with Gasteiger partial charge in [0.2, 0.25) is 11.8 Å². The van der Waals surface area contributed by atoms with Gasteiger partial charge in [-0.15, -0.1) is 0 Å². The molecule has 2 amide bonds. The molecule has 2 fully saturated rings. The molecule has 0 unspecified atom stereocenters. The van der Waals surface area contributed by atoms with Crippen molar-refractivity contribution in [2.75, 3.05) is 6.61 Å². The van der Waals surface area contributed by atoms with Crippen LogP contribution in [0.15, 0.2) is 54.6 Å². The number of imide groups is 1. The van der Waals surface area contributed by atoms with Gasteiger partial charge in [0, 0.05) is 10.9 Å². The first-order chi connectivity index (χ1) is 14.7. The average Bonchev–Trinajstić information content (AvgIpc) is 3.13. The van der Waals surface area contributed by atoms with E-state index in [4.69, 9.17) is 16.3 Å². The standard InChI is InChI=1S/C24H24ClNO5/c1-3-31-22(29)24-13-18(16-7-5-4-6-8-16)23(2,30)19(24)20(27)26(21(24)28)14-15-9-11-17(25)12-10-15/h4-12,18-19,30H,3,13-14H2,1-2H3/t18-,19+,23+,24+/m1/s1. The van der Waals surface area contributed by atoms with Gasteiger partial charge in [0.15, 0.2) is 5.41 Å². The topological polar surface area (TPSA) is 83.9 Å². The molecule has 4 rings (SSSR count). The predicted octanol–water partition coefficient (Wildman–Crippen LogP) is 3.31. The second-order valence-corrected chi connectivity index (χ2v) is 8.81. The highest BCUT2D eigenvalue weighted by Gasteiger charge is 2.75. The highest BCUT2D eigenvalue weighted by molar-refractivity contribution is 6.30. The number of fused-ring (bicyclic) bond motifs is 1. The van der Waals surface area contributed by atoms with Gasteiger partial charge in [-0.2, -0.15) is 0 Å². The molecule has 1 saturated carbocycles. The van der Waals surface area contributed by atoms with Crippen molar-refractivity contribution >= 4 is 29.4 Å². The summed E-state index contributed by atoms with van der Waals surface area (Å²) in [6, 6.07) is 16.0. The zero-order valence-electron chi connectivity index (χ0n) is 17.4. The molecule has 1 saturated heterocycles. The summed E-state index contributed by atoms with van der Waals surface area (Å²) in [6.45, 7) is 3.26. The van der Waals surface area contributed by atoms with E-state index < -0.39 is 40.6 Å². The summed E-state index contributed by atoms with van der Waals surface area (Å²) in [7, 11) is 0. The molecule has 0 aromatic heterocycles. The molecule has 2 aromatic rings. The molecule has 4 atom stereocenters. The fourth-order valence-electron chi connectivity index (χ4n) is 5.13. The first kappa shape index (κ1) is 21.5. The quantitative estimate of drug-likeness (QED) is 0.437. The summed E-state index contributed by atoms with van der Waals surface area (Å²) >= 11 is 5.93. The van der Waals surface area contributed by atoms with Crippen LogP contribution in [0.4, 0.5) is 0 Å². The summed E-state index contributed by atoms with van der Waals surface area (Å²) in [5.41, 5.74) is -1.88. The lowest BCUT2D eigenvalue weighted by Gasteiger charge is -2.31. The van der Waals surface area contributed by atoms with Crippen LogP contribution >= 0.6 is 11.6 Å². The summed E-state index contributed by atoms with van der Waals surface area (Å²) < 4.78 is 5.27. The van der Waals surface area contributed by atoms with Crippen LogP contribution in [0.2, 0.25) is 5.02 Å². The molecule has 1 aliphatic carbocycles. The van der Waals surface area contributed by atoms with Crippen molar-refractivity contribution in [1.29, 1.82) is 0 Å². The van der Waals surface area contributed by atoms with Crippen LogP contribution < -0.4 is 0 Å². The van der Waals surface area contributed by atoms with Gasteiger partial charge in [-0.25, -0.2) is 0 Å². The number of nitrogens with zero attached hydrogens (tertiary/aromatic N) is 1. The molecule has 7 heteroatoms. The SMILES string of the molecule is CCOC(=O)[C@@]12C[C@H](c3ccccc3)[C@](C)(O)[C@@H]1C(=O)N(Cc1ccc(Cl)cc1)C2=O. The third-order valence-electron chi connectivity index (χ3n) is 6.54. The van der Waals surface area contributed by atoms with E-state index in [-0.39, 0.29) is 19.6 Å². The molecule has 1 N–H and O–H groups in total. The van der Waals surface area contributed by atoms with Crippen molar-refractivity contribution in [1.82, 2.24) is 4.90 Å². The maximum absolute atomic E-state index is 13.6. The van der Waals surface area contributed by atoms with Crippen LogP contribution in [-0.2, 0) is 25.7 Å². The fourth-order valence-corrected chi connectivity index (χ4v) is 5.25. The van der Waals surface area contributed by atoms with Gasteiger partial charge in [0.1, 0.15) is 0 Å². The van der Waals surface area contributed by atoms with Crippen molar-refractivity contribution in [2.24, 2.45) is 11.3 Å². The maximum Gasteiger partial charge on any atom is 0.322 e. The maximum atomic E-state index is 13.6. The Bertz CT molecular complexity index is 1020. The van der Waals surface area contributed by atoms with E-state index in [1.807, 2.05) is 30.3 Å². The van der Waals surface area contributed by atoms with Gasteiger partial charge in [0.25, 0.3) is 0 Å². The Balaban J connectivity index is 1.77. The van der Waals surface area contributed by atoms with Crippen molar-refractivity contribution in [2.45, 2.75) is 38.3 Å². The number of carbonyl (C=O) groups is 3. The highest BCUT2D eigenvalue weighted by Crippen LogP contribution is 2.61. The van der Waals surface area contributed by atoms with Gasteiger partial charge < -0.3 is 9.84 Å². The van der Waals surface area contributed by atoms with Crippen molar-refractivity contribution in [3.63, 3.8) is 0 Å². The van der Waals surface area contributed by atoms with Gasteiger partial charge in [-0.1, -0.05) is 54.1 Å². The molecule has 1 heterocycles. The van der Waals surface area contributed by atoms with Crippen molar-refractivity contribution in [3.05, 3.63) is 70.7 Å². The first-order valence-electron chi connectivity index (χ1n) is 10.3. The molecular weight excluding hydrogens is 418 g/mol. The van der Waals surface area contributed by atoms with E-state index in [0.717, 1.165) is 10.5 Å². The molecular formula is C24H24ClNO5. The number of ether oxygens (including phenoxy) is 1. The Labute approximate surface area is 185 Å². The molecule has 0 bridgehead atoms. The molecule has 6 nitrogen and oxygen atoms in total. The average molecular weight is 442 g/mol. The van der Waals surface area contributed by atoms with Gasteiger partial charge in [-0.05, 0) is 43.5 Å². The molecule has 162 valence electrons. The number of rotatable bonds is 5. The number of likely N-dealkylation sites (tertiary alicyclic amines) is 1. The lowest BCUT2D eigenvalue weighted by Crippen LogP contribution is -2.46. The number of aliphatic hydroxyl groups is 1. The highest BCUT2D eigenvalue weighted by atomic mass is 35.5. The molecule has 0 spiro atoms. The normalized spacial score (nSPS) is 29.9. The second kappa shape index (κ2) is 7.77. The summed E-state index contributed by atoms with van der Waals surface area (Å²) in [6.07, 6.45) is 0.00913. The van der Waals surface area contributed by atoms with Gasteiger partial charge in [0.05, 0.1) is 24.7 Å². The van der Waals surface area contributed by atoms with E-state index in [0.29, 0.717) is 10.6 Å². The zero-order chi connectivity index (χ0) is 22.4.